The van der Waals surface area contributed by atoms with Gasteiger partial charge in [-0.15, -0.1) is 11.3 Å². The molecule has 0 bridgehead atoms. The molecule has 0 amide bonds. The smallest absolute Gasteiger partial charge is 0.124 e. The molecular weight excluding hydrogens is 271 g/mol. The first-order chi connectivity index (χ1) is 8.70. The van der Waals surface area contributed by atoms with Crippen molar-refractivity contribution in [3.8, 4) is 6.07 Å². The minimum Gasteiger partial charge on any atom is -0.293 e. The van der Waals surface area contributed by atoms with Gasteiger partial charge in [-0.1, -0.05) is 23.7 Å². The molecule has 0 aliphatic heterocycles. The van der Waals surface area contributed by atoms with Crippen LogP contribution in [0.2, 0.25) is 5.02 Å². The fourth-order valence-corrected chi connectivity index (χ4v) is 2.51. The lowest BCUT2D eigenvalue weighted by Gasteiger charge is -2.12. The van der Waals surface area contributed by atoms with Crippen molar-refractivity contribution in [2.75, 3.05) is 0 Å². The summed E-state index contributed by atoms with van der Waals surface area (Å²) < 4.78 is 12.9. The molecule has 1 heterocycles. The van der Waals surface area contributed by atoms with E-state index in [-0.39, 0.29) is 5.02 Å². The molecule has 1 aromatic carbocycles. The number of hydrogen-bond acceptors (Lipinski definition) is 3. The standard InChI is InChI=1S/C13H10ClFN2S/c14-12-6-9(15)3-4-11(12)13(7-16)17-8-10-2-1-5-18-10/h1-6,13,17H,8H2. The molecule has 0 saturated carbocycles. The predicted molar refractivity (Wildman–Crippen MR) is 70.9 cm³/mol. The van der Waals surface area contributed by atoms with Crippen molar-refractivity contribution in [3.63, 3.8) is 0 Å². The summed E-state index contributed by atoms with van der Waals surface area (Å²) in [5.74, 6) is -0.404. The fraction of sp³-hybridized carbons (Fsp3) is 0.154. The Morgan fingerprint density at radius 2 is 2.28 bits per heavy atom. The van der Waals surface area contributed by atoms with Crippen LogP contribution in [0.3, 0.4) is 0 Å². The summed E-state index contributed by atoms with van der Waals surface area (Å²) in [5.41, 5.74) is 0.595. The predicted octanol–water partition coefficient (Wildman–Crippen LogP) is 3.90. The minimum atomic E-state index is -0.541. The third-order valence-corrected chi connectivity index (χ3v) is 3.67. The molecule has 0 radical (unpaired) electrons. The number of nitrogens with one attached hydrogen (secondary N) is 1. The first-order valence-corrected chi connectivity index (χ1v) is 6.57. The Balaban J connectivity index is 2.11. The Labute approximate surface area is 114 Å². The highest BCUT2D eigenvalue weighted by Crippen LogP contribution is 2.24. The molecule has 18 heavy (non-hydrogen) atoms. The zero-order chi connectivity index (χ0) is 13.0. The number of nitrogens with zero attached hydrogens (tertiary/aromatic N) is 1. The second-order valence-corrected chi connectivity index (χ2v) is 5.13. The lowest BCUT2D eigenvalue weighted by molar-refractivity contribution is 0.616. The van der Waals surface area contributed by atoms with Crippen molar-refractivity contribution in [3.05, 3.63) is 57.0 Å². The SMILES string of the molecule is N#CC(NCc1cccs1)c1ccc(F)cc1Cl. The van der Waals surface area contributed by atoms with E-state index in [1.807, 2.05) is 17.5 Å². The zero-order valence-corrected chi connectivity index (χ0v) is 10.9. The molecule has 2 nitrogen and oxygen atoms in total. The molecule has 2 rings (SSSR count). The van der Waals surface area contributed by atoms with Gasteiger partial charge in [0.2, 0.25) is 0 Å². The Bertz CT molecular complexity index is 563. The van der Waals surface area contributed by atoms with E-state index in [1.54, 1.807) is 11.3 Å². The van der Waals surface area contributed by atoms with Gasteiger partial charge in [-0.3, -0.25) is 5.32 Å². The molecule has 2 aromatic rings. The van der Waals surface area contributed by atoms with Gasteiger partial charge < -0.3 is 0 Å². The average molecular weight is 281 g/mol. The summed E-state index contributed by atoms with van der Waals surface area (Å²) in [5, 5.41) is 14.5. The highest BCUT2D eigenvalue weighted by molar-refractivity contribution is 7.09. The number of halogens is 2. The summed E-state index contributed by atoms with van der Waals surface area (Å²) in [6.07, 6.45) is 0. The van der Waals surface area contributed by atoms with Crippen LogP contribution in [0.15, 0.2) is 35.7 Å². The second-order valence-electron chi connectivity index (χ2n) is 3.69. The van der Waals surface area contributed by atoms with E-state index in [1.165, 1.54) is 18.2 Å². The largest absolute Gasteiger partial charge is 0.293 e. The summed E-state index contributed by atoms with van der Waals surface area (Å²) in [6.45, 7) is 0.587. The van der Waals surface area contributed by atoms with E-state index >= 15 is 0 Å². The van der Waals surface area contributed by atoms with Gasteiger partial charge in [0, 0.05) is 22.0 Å². The molecule has 1 unspecified atom stereocenters. The summed E-state index contributed by atoms with van der Waals surface area (Å²) in [4.78, 5) is 1.13. The molecule has 0 saturated heterocycles. The highest BCUT2D eigenvalue weighted by Gasteiger charge is 2.14. The molecule has 0 spiro atoms. The molecule has 5 heteroatoms. The molecule has 92 valence electrons. The van der Waals surface area contributed by atoms with Gasteiger partial charge >= 0.3 is 0 Å². The topological polar surface area (TPSA) is 35.8 Å². The maximum atomic E-state index is 12.9. The molecule has 1 atom stereocenters. The van der Waals surface area contributed by atoms with Crippen LogP contribution in [0.25, 0.3) is 0 Å². The van der Waals surface area contributed by atoms with Crippen LogP contribution in [-0.4, -0.2) is 0 Å². The Hall–Kier alpha value is -1.41. The summed E-state index contributed by atoms with van der Waals surface area (Å²) in [7, 11) is 0. The normalized spacial score (nSPS) is 12.1. The van der Waals surface area contributed by atoms with E-state index in [4.69, 9.17) is 16.9 Å². The minimum absolute atomic E-state index is 0.264. The van der Waals surface area contributed by atoms with E-state index in [0.29, 0.717) is 12.1 Å². The van der Waals surface area contributed by atoms with Gasteiger partial charge in [0.15, 0.2) is 0 Å². The van der Waals surface area contributed by atoms with Crippen molar-refractivity contribution in [2.45, 2.75) is 12.6 Å². The van der Waals surface area contributed by atoms with Gasteiger partial charge in [0.1, 0.15) is 11.9 Å². The second kappa shape index (κ2) is 5.96. The summed E-state index contributed by atoms with van der Waals surface area (Å²) in [6, 6.07) is 9.58. The number of nitriles is 1. The Morgan fingerprint density at radius 3 is 2.89 bits per heavy atom. The molecular formula is C13H10ClFN2S. The lowest BCUT2D eigenvalue weighted by Crippen LogP contribution is -2.19. The number of thiophene rings is 1. The van der Waals surface area contributed by atoms with Crippen LogP contribution < -0.4 is 5.32 Å². The molecule has 0 fully saturated rings. The van der Waals surface area contributed by atoms with Gasteiger partial charge in [0.25, 0.3) is 0 Å². The maximum Gasteiger partial charge on any atom is 0.124 e. The first-order valence-electron chi connectivity index (χ1n) is 5.31. The van der Waals surface area contributed by atoms with Crippen LogP contribution in [-0.2, 0) is 6.54 Å². The van der Waals surface area contributed by atoms with Crippen LogP contribution in [0.4, 0.5) is 4.39 Å². The van der Waals surface area contributed by atoms with E-state index in [0.717, 1.165) is 4.88 Å². The molecule has 0 aliphatic carbocycles. The van der Waals surface area contributed by atoms with E-state index in [2.05, 4.69) is 11.4 Å². The van der Waals surface area contributed by atoms with Gasteiger partial charge in [0.05, 0.1) is 6.07 Å². The highest BCUT2D eigenvalue weighted by atomic mass is 35.5. The van der Waals surface area contributed by atoms with E-state index in [9.17, 15) is 4.39 Å². The monoisotopic (exact) mass is 280 g/mol. The van der Waals surface area contributed by atoms with E-state index < -0.39 is 11.9 Å². The van der Waals surface area contributed by atoms with Gasteiger partial charge in [-0.25, -0.2) is 4.39 Å². The first kappa shape index (κ1) is 13.0. The zero-order valence-electron chi connectivity index (χ0n) is 9.36. The van der Waals surface area contributed by atoms with Crippen LogP contribution >= 0.6 is 22.9 Å². The van der Waals surface area contributed by atoms with Crippen molar-refractivity contribution in [2.24, 2.45) is 0 Å². The van der Waals surface area contributed by atoms with Crippen molar-refractivity contribution >= 4 is 22.9 Å². The Kier molecular flexibility index (Phi) is 4.32. The van der Waals surface area contributed by atoms with Crippen LogP contribution in [0.1, 0.15) is 16.5 Å². The number of rotatable bonds is 4. The molecule has 0 aliphatic rings. The molecule has 1 N–H and O–H groups in total. The van der Waals surface area contributed by atoms with Gasteiger partial charge in [-0.2, -0.15) is 5.26 Å². The summed E-state index contributed by atoms with van der Waals surface area (Å²) >= 11 is 7.55. The Morgan fingerprint density at radius 1 is 1.44 bits per heavy atom. The third kappa shape index (κ3) is 3.08. The number of benzene rings is 1. The average Bonchev–Trinajstić information content (AvgIpc) is 2.85. The van der Waals surface area contributed by atoms with Gasteiger partial charge in [-0.05, 0) is 23.6 Å². The molecule has 1 aromatic heterocycles. The van der Waals surface area contributed by atoms with Crippen LogP contribution in [0, 0.1) is 17.1 Å². The number of hydrogen-bond donors (Lipinski definition) is 1. The van der Waals surface area contributed by atoms with Crippen molar-refractivity contribution in [1.29, 1.82) is 5.26 Å². The quantitative estimate of drug-likeness (QED) is 0.922. The fourth-order valence-electron chi connectivity index (χ4n) is 1.58. The maximum absolute atomic E-state index is 12.9. The van der Waals surface area contributed by atoms with Crippen molar-refractivity contribution in [1.82, 2.24) is 5.32 Å². The van der Waals surface area contributed by atoms with Crippen molar-refractivity contribution < 1.29 is 4.39 Å². The lowest BCUT2D eigenvalue weighted by atomic mass is 10.1. The van der Waals surface area contributed by atoms with Crippen LogP contribution in [0.5, 0.6) is 0 Å². The third-order valence-electron chi connectivity index (χ3n) is 2.46.